The van der Waals surface area contributed by atoms with Gasteiger partial charge >= 0.3 is 19.3 Å². The number of rotatable bonds is 10. The summed E-state index contributed by atoms with van der Waals surface area (Å²) in [6.45, 7) is 5.32. The van der Waals surface area contributed by atoms with Crippen molar-refractivity contribution in [2.45, 2.75) is 57.9 Å². The highest BCUT2D eigenvalue weighted by Gasteiger charge is 2.55. The van der Waals surface area contributed by atoms with Crippen LogP contribution in [0.4, 0.5) is 4.39 Å². The number of aromatic nitrogens is 2. The third kappa shape index (κ3) is 6.50. The summed E-state index contributed by atoms with van der Waals surface area (Å²) in [4.78, 5) is 37.8. The highest BCUT2D eigenvalue weighted by atomic mass is 31.2. The van der Waals surface area contributed by atoms with E-state index in [2.05, 4.69) is 0 Å². The number of ether oxygens (including phenoxy) is 2. The van der Waals surface area contributed by atoms with Crippen LogP contribution in [-0.2, 0) is 23.4 Å². The standard InChI is InChI=1S/C23H30FN2O9P/c1-14(2)33-20(29)15(3)13-36(31,35-16-8-6-5-7-9-16)32-12-17-19(28)23(4,24)21(34-17)26-11-10-18(27)25-22(26)30/h5-11,14-15,17,19,21,28H,12-13H2,1-4H3,(H,25,27,30)/t15-,17-,19+,21-,23?,36+/m1/s1. The van der Waals surface area contributed by atoms with E-state index in [0.717, 1.165) is 23.8 Å². The molecule has 1 aliphatic heterocycles. The first-order valence-corrected chi connectivity index (χ1v) is 13.1. The van der Waals surface area contributed by atoms with Crippen LogP contribution in [0.5, 0.6) is 5.75 Å². The lowest BCUT2D eigenvalue weighted by Gasteiger charge is -2.25. The van der Waals surface area contributed by atoms with Gasteiger partial charge in [0.2, 0.25) is 0 Å². The van der Waals surface area contributed by atoms with Crippen LogP contribution in [0, 0.1) is 5.92 Å². The van der Waals surface area contributed by atoms with Crippen molar-refractivity contribution in [2.75, 3.05) is 12.8 Å². The zero-order chi connectivity index (χ0) is 26.7. The maximum Gasteiger partial charge on any atom is 0.380 e. The summed E-state index contributed by atoms with van der Waals surface area (Å²) >= 11 is 0. The molecule has 1 aromatic carbocycles. The Morgan fingerprint density at radius 3 is 2.53 bits per heavy atom. The van der Waals surface area contributed by atoms with E-state index in [9.17, 15) is 24.1 Å². The lowest BCUT2D eigenvalue weighted by atomic mass is 9.98. The van der Waals surface area contributed by atoms with Crippen LogP contribution in [0.1, 0.15) is 33.9 Å². The average Bonchev–Trinajstić information content (AvgIpc) is 3.01. The molecule has 1 saturated heterocycles. The molecule has 1 unspecified atom stereocenters. The van der Waals surface area contributed by atoms with Gasteiger partial charge in [0.25, 0.3) is 5.56 Å². The van der Waals surface area contributed by atoms with Crippen molar-refractivity contribution in [3.63, 3.8) is 0 Å². The van der Waals surface area contributed by atoms with E-state index in [-0.39, 0.29) is 18.0 Å². The molecule has 0 aliphatic carbocycles. The Hall–Kier alpha value is -2.79. The zero-order valence-electron chi connectivity index (χ0n) is 20.3. The largest absolute Gasteiger partial charge is 0.463 e. The molecule has 198 valence electrons. The Labute approximate surface area is 206 Å². The molecule has 3 rings (SSSR count). The van der Waals surface area contributed by atoms with E-state index >= 15 is 4.39 Å². The fourth-order valence-corrected chi connectivity index (χ4v) is 5.54. The summed E-state index contributed by atoms with van der Waals surface area (Å²) in [7, 11) is -4.05. The van der Waals surface area contributed by atoms with Gasteiger partial charge < -0.3 is 19.1 Å². The van der Waals surface area contributed by atoms with Crippen LogP contribution in [0.3, 0.4) is 0 Å². The third-order valence-corrected chi connectivity index (χ3v) is 7.52. The second-order valence-electron chi connectivity index (χ2n) is 9.02. The Kier molecular flexibility index (Phi) is 8.55. The molecule has 1 fully saturated rings. The van der Waals surface area contributed by atoms with Crippen LogP contribution in [0.2, 0.25) is 0 Å². The number of para-hydroxylation sites is 1. The molecule has 11 nitrogen and oxygen atoms in total. The molecular formula is C23H30FN2O9P. The summed E-state index contributed by atoms with van der Waals surface area (Å²) in [5.74, 6) is -1.25. The summed E-state index contributed by atoms with van der Waals surface area (Å²) in [6.07, 6.45) is -4.42. The first kappa shape index (κ1) is 27.8. The molecule has 2 aromatic rings. The highest BCUT2D eigenvalue weighted by Crippen LogP contribution is 2.51. The number of aliphatic hydroxyl groups is 1. The van der Waals surface area contributed by atoms with Crippen LogP contribution < -0.4 is 15.8 Å². The minimum absolute atomic E-state index is 0.214. The molecule has 0 amide bonds. The van der Waals surface area contributed by atoms with Crippen LogP contribution in [-0.4, -0.2) is 57.4 Å². The molecule has 1 aliphatic rings. The van der Waals surface area contributed by atoms with Gasteiger partial charge in [-0.15, -0.1) is 0 Å². The maximum atomic E-state index is 15.4. The van der Waals surface area contributed by atoms with Gasteiger partial charge in [-0.3, -0.25) is 23.7 Å². The highest BCUT2D eigenvalue weighted by molar-refractivity contribution is 7.54. The molecule has 6 atom stereocenters. The van der Waals surface area contributed by atoms with Gasteiger partial charge in [0, 0.05) is 12.3 Å². The summed E-state index contributed by atoms with van der Waals surface area (Å²) in [5, 5.41) is 10.6. The van der Waals surface area contributed by atoms with Crippen molar-refractivity contribution in [2.24, 2.45) is 5.92 Å². The molecule has 2 heterocycles. The Balaban J connectivity index is 1.80. The molecule has 0 radical (unpaired) electrons. The van der Waals surface area contributed by atoms with E-state index in [1.165, 1.54) is 6.92 Å². The lowest BCUT2D eigenvalue weighted by Crippen LogP contribution is -2.43. The number of hydrogen-bond donors (Lipinski definition) is 2. The number of aliphatic hydroxyl groups excluding tert-OH is 1. The second kappa shape index (κ2) is 11.1. The number of H-pyrrole nitrogens is 1. The van der Waals surface area contributed by atoms with Crippen LogP contribution >= 0.6 is 7.60 Å². The van der Waals surface area contributed by atoms with Gasteiger partial charge in [-0.1, -0.05) is 25.1 Å². The van der Waals surface area contributed by atoms with Gasteiger partial charge in [-0.2, -0.15) is 0 Å². The van der Waals surface area contributed by atoms with E-state index < -0.39 is 61.4 Å². The van der Waals surface area contributed by atoms with Crippen molar-refractivity contribution in [3.05, 3.63) is 63.4 Å². The smallest absolute Gasteiger partial charge is 0.380 e. The van der Waals surface area contributed by atoms with Crippen molar-refractivity contribution >= 4 is 13.6 Å². The lowest BCUT2D eigenvalue weighted by molar-refractivity contribution is -0.151. The predicted molar refractivity (Wildman–Crippen MR) is 127 cm³/mol. The van der Waals surface area contributed by atoms with Crippen LogP contribution in [0.25, 0.3) is 0 Å². The van der Waals surface area contributed by atoms with Gasteiger partial charge in [-0.25, -0.2) is 13.8 Å². The number of hydrogen-bond acceptors (Lipinski definition) is 9. The zero-order valence-corrected chi connectivity index (χ0v) is 21.2. The minimum atomic E-state index is -4.05. The van der Waals surface area contributed by atoms with Gasteiger partial charge in [-0.05, 0) is 32.9 Å². The third-order valence-electron chi connectivity index (χ3n) is 5.50. The molecule has 0 saturated carbocycles. The number of carbonyl (C=O) groups is 1. The number of esters is 1. The number of benzene rings is 1. The topological polar surface area (TPSA) is 146 Å². The Bertz CT molecular complexity index is 1210. The Morgan fingerprint density at radius 2 is 1.92 bits per heavy atom. The number of halogens is 1. The van der Waals surface area contributed by atoms with Gasteiger partial charge in [0.05, 0.1) is 24.8 Å². The van der Waals surface area contributed by atoms with E-state index in [1.807, 2.05) is 4.98 Å². The fourth-order valence-electron chi connectivity index (χ4n) is 3.67. The summed E-state index contributed by atoms with van der Waals surface area (Å²) in [5.41, 5.74) is -4.07. The molecule has 0 bridgehead atoms. The van der Waals surface area contributed by atoms with Crippen molar-refractivity contribution in [1.82, 2.24) is 9.55 Å². The molecule has 13 heteroatoms. The number of alkyl halides is 1. The van der Waals surface area contributed by atoms with Crippen molar-refractivity contribution in [3.8, 4) is 5.75 Å². The fraction of sp³-hybridized carbons (Fsp3) is 0.522. The molecule has 2 N–H and O–H groups in total. The predicted octanol–water partition coefficient (Wildman–Crippen LogP) is 2.40. The molecule has 0 spiro atoms. The first-order valence-electron chi connectivity index (χ1n) is 11.3. The van der Waals surface area contributed by atoms with Crippen LogP contribution in [0.15, 0.2) is 52.2 Å². The summed E-state index contributed by atoms with van der Waals surface area (Å²) < 4.78 is 51.8. The molecular weight excluding hydrogens is 498 g/mol. The van der Waals surface area contributed by atoms with Gasteiger partial charge in [0.15, 0.2) is 11.9 Å². The first-order chi connectivity index (χ1) is 16.8. The van der Waals surface area contributed by atoms with Gasteiger partial charge in [0.1, 0.15) is 18.0 Å². The molecule has 1 aromatic heterocycles. The SMILES string of the molecule is CC(C)OC(=O)[C@H](C)C[P@](=O)(OC[C@H]1O[C@@H](n2ccc(=O)[nH]c2=O)C(C)(F)[C@H]1O)Oc1ccccc1. The average molecular weight is 528 g/mol. The van der Waals surface area contributed by atoms with Crippen molar-refractivity contribution < 1.29 is 37.4 Å². The number of nitrogens with one attached hydrogen (secondary N) is 1. The summed E-state index contributed by atoms with van der Waals surface area (Å²) in [6, 6.07) is 9.14. The van der Waals surface area contributed by atoms with Crippen molar-refractivity contribution in [1.29, 1.82) is 0 Å². The normalized spacial score (nSPS) is 26.4. The van der Waals surface area contributed by atoms with E-state index in [0.29, 0.717) is 0 Å². The number of carbonyl (C=O) groups excluding carboxylic acids is 1. The molecule has 36 heavy (non-hydrogen) atoms. The van der Waals surface area contributed by atoms with E-state index in [4.69, 9.17) is 18.5 Å². The maximum absolute atomic E-state index is 15.4. The number of nitrogens with zero attached hydrogens (tertiary/aromatic N) is 1. The monoisotopic (exact) mass is 528 g/mol. The second-order valence-corrected chi connectivity index (χ2v) is 11.0. The Morgan fingerprint density at radius 1 is 1.25 bits per heavy atom. The minimum Gasteiger partial charge on any atom is -0.463 e. The number of aromatic amines is 1. The quantitative estimate of drug-likeness (QED) is 0.351. The van der Waals surface area contributed by atoms with E-state index in [1.54, 1.807) is 44.2 Å².